The van der Waals surface area contributed by atoms with Crippen molar-refractivity contribution in [3.05, 3.63) is 28.2 Å². The molecule has 1 aliphatic rings. The average molecular weight is 207 g/mol. The Balaban J connectivity index is 2.01. The first-order chi connectivity index (χ1) is 7.29. The zero-order valence-electron chi connectivity index (χ0n) is 9.07. The van der Waals surface area contributed by atoms with Crippen LogP contribution in [0.5, 0.6) is 0 Å². The summed E-state index contributed by atoms with van der Waals surface area (Å²) in [5.74, 6) is 0.518. The molecule has 1 aliphatic heterocycles. The molecule has 1 N–H and O–H groups in total. The first-order valence-electron chi connectivity index (χ1n) is 5.57. The van der Waals surface area contributed by atoms with Crippen LogP contribution in [0, 0.1) is 0 Å². The van der Waals surface area contributed by atoms with Crippen molar-refractivity contribution in [1.82, 2.24) is 15.1 Å². The van der Waals surface area contributed by atoms with E-state index in [9.17, 15) is 4.79 Å². The molecule has 0 unspecified atom stereocenters. The van der Waals surface area contributed by atoms with Crippen molar-refractivity contribution in [2.45, 2.75) is 25.7 Å². The fraction of sp³-hybridized carbons (Fsp3) is 0.636. The van der Waals surface area contributed by atoms with Gasteiger partial charge in [-0.25, -0.2) is 5.10 Å². The summed E-state index contributed by atoms with van der Waals surface area (Å²) in [7, 11) is 0. The van der Waals surface area contributed by atoms with Crippen LogP contribution in [0.2, 0.25) is 0 Å². The number of H-pyrrole nitrogens is 1. The highest BCUT2D eigenvalue weighted by atomic mass is 16.1. The first kappa shape index (κ1) is 10.4. The minimum absolute atomic E-state index is 0.121. The van der Waals surface area contributed by atoms with Crippen LogP contribution in [0.1, 0.15) is 31.4 Å². The molecular formula is C11H17N3O. The third-order valence-electron chi connectivity index (χ3n) is 3.15. The lowest BCUT2D eigenvalue weighted by Gasteiger charge is -2.30. The van der Waals surface area contributed by atoms with Gasteiger partial charge in [0, 0.05) is 12.0 Å². The molecular weight excluding hydrogens is 190 g/mol. The third-order valence-corrected chi connectivity index (χ3v) is 3.15. The number of piperidine rings is 1. The molecule has 0 saturated carbocycles. The lowest BCUT2D eigenvalue weighted by Crippen LogP contribution is -2.33. The van der Waals surface area contributed by atoms with Crippen LogP contribution in [0.3, 0.4) is 0 Å². The smallest absolute Gasteiger partial charge is 0.264 e. The predicted octanol–water partition coefficient (Wildman–Crippen LogP) is 0.969. The van der Waals surface area contributed by atoms with E-state index in [1.807, 2.05) is 6.07 Å². The minimum atomic E-state index is -0.121. The molecule has 0 atom stereocenters. The van der Waals surface area contributed by atoms with Crippen molar-refractivity contribution in [3.8, 4) is 0 Å². The summed E-state index contributed by atoms with van der Waals surface area (Å²) >= 11 is 0. The zero-order chi connectivity index (χ0) is 10.7. The van der Waals surface area contributed by atoms with Gasteiger partial charge in [0.1, 0.15) is 0 Å². The summed E-state index contributed by atoms with van der Waals surface area (Å²) in [6.45, 7) is 5.61. The Bertz CT molecular complexity index is 346. The molecule has 0 spiro atoms. The highest BCUT2D eigenvalue weighted by Gasteiger charge is 2.20. The second-order valence-electron chi connectivity index (χ2n) is 4.05. The molecule has 2 rings (SSSR count). The molecule has 0 amide bonds. The van der Waals surface area contributed by atoms with E-state index in [-0.39, 0.29) is 5.56 Å². The van der Waals surface area contributed by atoms with Crippen LogP contribution >= 0.6 is 0 Å². The van der Waals surface area contributed by atoms with E-state index in [1.165, 1.54) is 0 Å². The number of aromatic amines is 1. The molecule has 0 radical (unpaired) electrons. The summed E-state index contributed by atoms with van der Waals surface area (Å²) in [4.78, 5) is 13.3. The van der Waals surface area contributed by atoms with E-state index in [1.54, 1.807) is 6.07 Å². The minimum Gasteiger partial charge on any atom is -0.304 e. The summed E-state index contributed by atoms with van der Waals surface area (Å²) in [6.07, 6.45) is 2.29. The van der Waals surface area contributed by atoms with Gasteiger partial charge < -0.3 is 4.90 Å². The van der Waals surface area contributed by atoms with Crippen molar-refractivity contribution in [3.63, 3.8) is 0 Å². The van der Waals surface area contributed by atoms with Gasteiger partial charge in [0.15, 0.2) is 0 Å². The van der Waals surface area contributed by atoms with Gasteiger partial charge in [-0.15, -0.1) is 0 Å². The van der Waals surface area contributed by atoms with E-state index in [4.69, 9.17) is 0 Å². The van der Waals surface area contributed by atoms with Crippen molar-refractivity contribution in [2.24, 2.45) is 0 Å². The van der Waals surface area contributed by atoms with Gasteiger partial charge in [-0.05, 0) is 38.5 Å². The Hall–Kier alpha value is -1.16. The fourth-order valence-corrected chi connectivity index (χ4v) is 2.13. The van der Waals surface area contributed by atoms with Crippen molar-refractivity contribution >= 4 is 0 Å². The summed E-state index contributed by atoms with van der Waals surface area (Å²) < 4.78 is 0. The highest BCUT2D eigenvalue weighted by molar-refractivity contribution is 5.07. The maximum atomic E-state index is 10.9. The van der Waals surface area contributed by atoms with E-state index < -0.39 is 0 Å². The Kier molecular flexibility index (Phi) is 3.16. The van der Waals surface area contributed by atoms with Gasteiger partial charge >= 0.3 is 0 Å². The lowest BCUT2D eigenvalue weighted by molar-refractivity contribution is 0.220. The zero-order valence-corrected chi connectivity index (χ0v) is 9.07. The number of aromatic nitrogens is 2. The number of rotatable bonds is 2. The Morgan fingerprint density at radius 3 is 2.73 bits per heavy atom. The van der Waals surface area contributed by atoms with Gasteiger partial charge in [-0.1, -0.05) is 6.92 Å². The summed E-state index contributed by atoms with van der Waals surface area (Å²) in [6, 6.07) is 3.42. The molecule has 0 bridgehead atoms. The third kappa shape index (κ3) is 2.45. The maximum Gasteiger partial charge on any atom is 0.264 e. The predicted molar refractivity (Wildman–Crippen MR) is 58.9 cm³/mol. The van der Waals surface area contributed by atoms with Crippen LogP contribution in [-0.4, -0.2) is 34.7 Å². The molecule has 1 saturated heterocycles. The van der Waals surface area contributed by atoms with Crippen LogP contribution < -0.4 is 5.56 Å². The van der Waals surface area contributed by atoms with E-state index in [2.05, 4.69) is 22.0 Å². The maximum absolute atomic E-state index is 10.9. The molecule has 1 aromatic rings. The van der Waals surface area contributed by atoms with E-state index in [0.717, 1.165) is 38.2 Å². The molecule has 1 fully saturated rings. The molecule has 82 valence electrons. The van der Waals surface area contributed by atoms with Gasteiger partial charge in [-0.2, -0.15) is 5.10 Å². The SMILES string of the molecule is CCN1CCC(c2ccc(=O)[nH]n2)CC1. The first-order valence-corrected chi connectivity index (χ1v) is 5.57. The van der Waals surface area contributed by atoms with Gasteiger partial charge in [0.2, 0.25) is 0 Å². The monoisotopic (exact) mass is 207 g/mol. The largest absolute Gasteiger partial charge is 0.304 e. The normalized spacial score (nSPS) is 19.3. The number of hydrogen-bond donors (Lipinski definition) is 1. The second-order valence-corrected chi connectivity index (χ2v) is 4.05. The Labute approximate surface area is 89.3 Å². The number of nitrogens with one attached hydrogen (secondary N) is 1. The van der Waals surface area contributed by atoms with E-state index in [0.29, 0.717) is 5.92 Å². The second kappa shape index (κ2) is 4.57. The van der Waals surface area contributed by atoms with Crippen molar-refractivity contribution in [2.75, 3.05) is 19.6 Å². The van der Waals surface area contributed by atoms with Crippen LogP contribution in [-0.2, 0) is 0 Å². The Morgan fingerprint density at radius 1 is 1.47 bits per heavy atom. The molecule has 4 heteroatoms. The van der Waals surface area contributed by atoms with Gasteiger partial charge in [0.25, 0.3) is 5.56 Å². The quantitative estimate of drug-likeness (QED) is 0.786. The summed E-state index contributed by atoms with van der Waals surface area (Å²) in [5.41, 5.74) is 0.912. The molecule has 2 heterocycles. The number of likely N-dealkylation sites (tertiary alicyclic amines) is 1. The molecule has 0 aliphatic carbocycles. The van der Waals surface area contributed by atoms with Crippen molar-refractivity contribution < 1.29 is 0 Å². The van der Waals surface area contributed by atoms with E-state index >= 15 is 0 Å². The lowest BCUT2D eigenvalue weighted by atomic mass is 9.93. The van der Waals surface area contributed by atoms with Crippen molar-refractivity contribution in [1.29, 1.82) is 0 Å². The van der Waals surface area contributed by atoms with Crippen LogP contribution in [0.25, 0.3) is 0 Å². The standard InChI is InChI=1S/C11H17N3O/c1-2-14-7-5-9(6-8-14)10-3-4-11(15)13-12-10/h3-4,9H,2,5-8H2,1H3,(H,13,15). The number of nitrogens with zero attached hydrogens (tertiary/aromatic N) is 2. The number of hydrogen-bond acceptors (Lipinski definition) is 3. The molecule has 0 aromatic carbocycles. The topological polar surface area (TPSA) is 49.0 Å². The fourth-order valence-electron chi connectivity index (χ4n) is 2.13. The molecule has 4 nitrogen and oxygen atoms in total. The highest BCUT2D eigenvalue weighted by Crippen LogP contribution is 2.25. The summed E-state index contributed by atoms with van der Waals surface area (Å²) in [5, 5.41) is 6.60. The van der Waals surface area contributed by atoms with Crippen LogP contribution in [0.4, 0.5) is 0 Å². The molecule has 15 heavy (non-hydrogen) atoms. The molecule has 1 aromatic heterocycles. The average Bonchev–Trinajstić information content (AvgIpc) is 2.30. The Morgan fingerprint density at radius 2 is 2.20 bits per heavy atom. The van der Waals surface area contributed by atoms with Gasteiger partial charge in [0.05, 0.1) is 5.69 Å². The van der Waals surface area contributed by atoms with Crippen LogP contribution in [0.15, 0.2) is 16.9 Å². The van der Waals surface area contributed by atoms with Gasteiger partial charge in [-0.3, -0.25) is 4.79 Å².